The van der Waals surface area contributed by atoms with Crippen molar-refractivity contribution in [1.29, 1.82) is 0 Å². The van der Waals surface area contributed by atoms with Gasteiger partial charge in [-0.3, -0.25) is 0 Å². The molecule has 0 amide bonds. The highest BCUT2D eigenvalue weighted by Gasteiger charge is 2.10. The summed E-state index contributed by atoms with van der Waals surface area (Å²) in [6, 6.07) is 15.5. The SMILES string of the molecule is C=C(Nc1ccccc1C)c1cc2ccc(N(C)C)cc2oc1=O. The first-order chi connectivity index (χ1) is 11.5. The summed E-state index contributed by atoms with van der Waals surface area (Å²) in [6.07, 6.45) is 0. The number of nitrogens with zero attached hydrogens (tertiary/aromatic N) is 1. The third kappa shape index (κ3) is 3.04. The van der Waals surface area contributed by atoms with Crippen LogP contribution in [0.4, 0.5) is 11.4 Å². The largest absolute Gasteiger partial charge is 0.422 e. The molecule has 0 aliphatic heterocycles. The topological polar surface area (TPSA) is 45.5 Å². The van der Waals surface area contributed by atoms with Gasteiger partial charge in [-0.2, -0.15) is 0 Å². The average Bonchev–Trinajstić information content (AvgIpc) is 2.55. The third-order valence-corrected chi connectivity index (χ3v) is 3.99. The van der Waals surface area contributed by atoms with Crippen LogP contribution in [0.2, 0.25) is 0 Å². The van der Waals surface area contributed by atoms with Gasteiger partial charge in [0.05, 0.1) is 5.56 Å². The van der Waals surface area contributed by atoms with E-state index in [2.05, 4.69) is 11.9 Å². The number of hydrogen-bond acceptors (Lipinski definition) is 4. The lowest BCUT2D eigenvalue weighted by Gasteiger charge is -2.14. The molecule has 0 aliphatic carbocycles. The molecule has 0 saturated carbocycles. The number of para-hydroxylation sites is 1. The van der Waals surface area contributed by atoms with E-state index < -0.39 is 5.63 Å². The molecule has 1 N–H and O–H groups in total. The zero-order chi connectivity index (χ0) is 17.3. The average molecular weight is 320 g/mol. The van der Waals surface area contributed by atoms with E-state index in [4.69, 9.17) is 4.42 Å². The van der Waals surface area contributed by atoms with E-state index in [1.807, 2.05) is 74.4 Å². The smallest absolute Gasteiger partial charge is 0.345 e. The standard InChI is InChI=1S/C20H20N2O2/c1-13-7-5-6-8-18(13)21-14(2)17-11-15-9-10-16(22(3)4)12-19(15)24-20(17)23/h5-12,21H,2H2,1,3-4H3. The Balaban J connectivity index is 1.99. The van der Waals surface area contributed by atoms with Gasteiger partial charge in [-0.1, -0.05) is 24.8 Å². The molecular formula is C20H20N2O2. The van der Waals surface area contributed by atoms with E-state index in [9.17, 15) is 4.79 Å². The highest BCUT2D eigenvalue weighted by molar-refractivity contribution is 5.85. The van der Waals surface area contributed by atoms with E-state index in [0.717, 1.165) is 22.3 Å². The first-order valence-corrected chi connectivity index (χ1v) is 7.73. The van der Waals surface area contributed by atoms with Crippen molar-refractivity contribution in [2.24, 2.45) is 0 Å². The van der Waals surface area contributed by atoms with Crippen molar-refractivity contribution in [3.8, 4) is 0 Å². The monoisotopic (exact) mass is 320 g/mol. The maximum absolute atomic E-state index is 12.3. The second kappa shape index (κ2) is 6.24. The molecule has 24 heavy (non-hydrogen) atoms. The summed E-state index contributed by atoms with van der Waals surface area (Å²) in [6.45, 7) is 6.00. The zero-order valence-electron chi connectivity index (χ0n) is 14.1. The number of benzene rings is 2. The highest BCUT2D eigenvalue weighted by Crippen LogP contribution is 2.24. The summed E-state index contributed by atoms with van der Waals surface area (Å²) >= 11 is 0. The van der Waals surface area contributed by atoms with Gasteiger partial charge in [0.15, 0.2) is 0 Å². The Morgan fingerprint density at radius 2 is 1.88 bits per heavy atom. The lowest BCUT2D eigenvalue weighted by molar-refractivity contribution is 0.558. The van der Waals surface area contributed by atoms with Gasteiger partial charge in [0.1, 0.15) is 5.58 Å². The van der Waals surface area contributed by atoms with Crippen LogP contribution in [0.15, 0.2) is 64.3 Å². The lowest BCUT2D eigenvalue weighted by Crippen LogP contribution is -2.11. The molecule has 2 aromatic carbocycles. The highest BCUT2D eigenvalue weighted by atomic mass is 16.4. The van der Waals surface area contributed by atoms with E-state index in [1.165, 1.54) is 0 Å². The fraction of sp³-hybridized carbons (Fsp3) is 0.150. The molecule has 1 aromatic heterocycles. The van der Waals surface area contributed by atoms with Gasteiger partial charge in [-0.15, -0.1) is 0 Å². The van der Waals surface area contributed by atoms with Crippen LogP contribution < -0.4 is 15.8 Å². The lowest BCUT2D eigenvalue weighted by atomic mass is 10.1. The van der Waals surface area contributed by atoms with E-state index >= 15 is 0 Å². The minimum Gasteiger partial charge on any atom is -0.422 e. The Kier molecular flexibility index (Phi) is 4.13. The second-order valence-corrected chi connectivity index (χ2v) is 5.98. The fourth-order valence-electron chi connectivity index (χ4n) is 2.53. The molecule has 3 aromatic rings. The summed E-state index contributed by atoms with van der Waals surface area (Å²) < 4.78 is 5.49. The Morgan fingerprint density at radius 3 is 2.58 bits per heavy atom. The van der Waals surface area contributed by atoms with Crippen LogP contribution in [0.1, 0.15) is 11.1 Å². The number of aryl methyl sites for hydroxylation is 1. The Hall–Kier alpha value is -3.01. The first kappa shape index (κ1) is 15.9. The molecule has 1 heterocycles. The van der Waals surface area contributed by atoms with Crippen molar-refractivity contribution >= 4 is 28.0 Å². The summed E-state index contributed by atoms with van der Waals surface area (Å²) in [7, 11) is 3.89. The van der Waals surface area contributed by atoms with Crippen LogP contribution >= 0.6 is 0 Å². The van der Waals surface area contributed by atoms with E-state index in [1.54, 1.807) is 0 Å². The van der Waals surface area contributed by atoms with Gasteiger partial charge in [0.2, 0.25) is 0 Å². The minimum absolute atomic E-state index is 0.399. The third-order valence-electron chi connectivity index (χ3n) is 3.99. The summed E-state index contributed by atoms with van der Waals surface area (Å²) in [5.74, 6) is 0. The number of nitrogens with one attached hydrogen (secondary N) is 1. The van der Waals surface area contributed by atoms with Crippen LogP contribution in [-0.2, 0) is 0 Å². The van der Waals surface area contributed by atoms with Crippen LogP contribution in [0, 0.1) is 6.92 Å². The molecular weight excluding hydrogens is 300 g/mol. The van der Waals surface area contributed by atoms with Crippen LogP contribution in [0.25, 0.3) is 16.7 Å². The molecule has 4 heteroatoms. The predicted molar refractivity (Wildman–Crippen MR) is 101 cm³/mol. The van der Waals surface area contributed by atoms with Crippen LogP contribution in [0.3, 0.4) is 0 Å². The first-order valence-electron chi connectivity index (χ1n) is 7.73. The second-order valence-electron chi connectivity index (χ2n) is 5.98. The Labute approximate surface area is 141 Å². The van der Waals surface area contributed by atoms with E-state index in [-0.39, 0.29) is 0 Å². The summed E-state index contributed by atoms with van der Waals surface area (Å²) in [5.41, 5.74) is 4.11. The van der Waals surface area contributed by atoms with Gasteiger partial charge >= 0.3 is 5.63 Å². The van der Waals surface area contributed by atoms with Gasteiger partial charge in [0.25, 0.3) is 0 Å². The Bertz CT molecular complexity index is 971. The molecule has 4 nitrogen and oxygen atoms in total. The quantitative estimate of drug-likeness (QED) is 0.730. The normalized spacial score (nSPS) is 10.6. The molecule has 0 saturated heterocycles. The van der Waals surface area contributed by atoms with Gasteiger partial charge in [0, 0.05) is 42.6 Å². The zero-order valence-corrected chi connectivity index (χ0v) is 14.1. The molecule has 0 aliphatic rings. The molecule has 0 fully saturated rings. The molecule has 0 spiro atoms. The van der Waals surface area contributed by atoms with Crippen LogP contribution in [0.5, 0.6) is 0 Å². The molecule has 0 bridgehead atoms. The van der Waals surface area contributed by atoms with Crippen molar-refractivity contribution in [3.63, 3.8) is 0 Å². The number of anilines is 2. The maximum Gasteiger partial charge on any atom is 0.345 e. The molecule has 0 radical (unpaired) electrons. The van der Waals surface area contributed by atoms with Crippen molar-refractivity contribution in [2.45, 2.75) is 6.92 Å². The van der Waals surface area contributed by atoms with Crippen molar-refractivity contribution in [1.82, 2.24) is 0 Å². The van der Waals surface area contributed by atoms with E-state index in [0.29, 0.717) is 16.8 Å². The van der Waals surface area contributed by atoms with Crippen molar-refractivity contribution in [2.75, 3.05) is 24.3 Å². The maximum atomic E-state index is 12.3. The molecule has 0 atom stereocenters. The van der Waals surface area contributed by atoms with Gasteiger partial charge in [-0.25, -0.2) is 4.79 Å². The van der Waals surface area contributed by atoms with Crippen molar-refractivity contribution in [3.05, 3.63) is 76.7 Å². The minimum atomic E-state index is -0.399. The van der Waals surface area contributed by atoms with Crippen LogP contribution in [-0.4, -0.2) is 14.1 Å². The fourth-order valence-corrected chi connectivity index (χ4v) is 2.53. The number of rotatable bonds is 4. The van der Waals surface area contributed by atoms with Gasteiger partial charge < -0.3 is 14.6 Å². The molecule has 122 valence electrons. The summed E-state index contributed by atoms with van der Waals surface area (Å²) in [5, 5.41) is 4.06. The van der Waals surface area contributed by atoms with Crippen molar-refractivity contribution < 1.29 is 4.42 Å². The number of fused-ring (bicyclic) bond motifs is 1. The molecule has 3 rings (SSSR count). The number of hydrogen-bond donors (Lipinski definition) is 1. The van der Waals surface area contributed by atoms with Gasteiger partial charge in [-0.05, 0) is 36.8 Å². The predicted octanol–water partition coefficient (Wildman–Crippen LogP) is 4.25. The summed E-state index contributed by atoms with van der Waals surface area (Å²) in [4.78, 5) is 14.3. The Morgan fingerprint density at radius 1 is 1.12 bits per heavy atom. The molecule has 0 unspecified atom stereocenters.